The standard InChI is InChI=1S/C17H17N5O4S2/c18-10-12-4-1-2-5-14(12)22(17(20)24)8-7-21(13(11-22)16(19)23)28(25,26)15-6-3-9-27-15/h1-6,9,13H,7-8,11H2,(H3-,19,20,23,24)/p+1. The van der Waals surface area contributed by atoms with E-state index in [1.165, 1.54) is 12.1 Å². The molecule has 0 bridgehead atoms. The fourth-order valence-corrected chi connectivity index (χ4v) is 6.13. The maximum absolute atomic E-state index is 13.0. The third-order valence-corrected chi connectivity index (χ3v) is 8.11. The first-order valence-electron chi connectivity index (χ1n) is 8.25. The van der Waals surface area contributed by atoms with Gasteiger partial charge in [0.15, 0.2) is 11.7 Å². The van der Waals surface area contributed by atoms with E-state index in [4.69, 9.17) is 11.5 Å². The van der Waals surface area contributed by atoms with Gasteiger partial charge in [0.2, 0.25) is 5.91 Å². The van der Waals surface area contributed by atoms with Crippen LogP contribution in [0, 0.1) is 11.3 Å². The highest BCUT2D eigenvalue weighted by atomic mass is 32.2. The number of carbonyl (C=O) groups excluding carboxylic acids is 2. The smallest absolute Gasteiger partial charge is 0.368 e. The van der Waals surface area contributed by atoms with E-state index in [1.807, 2.05) is 6.07 Å². The number of piperazine rings is 1. The molecule has 1 fully saturated rings. The number of nitrogens with zero attached hydrogens (tertiary/aromatic N) is 3. The van der Waals surface area contributed by atoms with E-state index in [1.54, 1.807) is 29.6 Å². The summed E-state index contributed by atoms with van der Waals surface area (Å²) in [5, 5.41) is 11.0. The van der Waals surface area contributed by atoms with Crippen molar-refractivity contribution in [3.8, 4) is 6.07 Å². The molecule has 9 nitrogen and oxygen atoms in total. The lowest BCUT2D eigenvalue weighted by Gasteiger charge is -2.43. The SMILES string of the molecule is N#Cc1ccccc1[N+]1(C(N)=O)CCN(S(=O)(=O)c2cccs2)C(C(N)=O)C1. The zero-order chi connectivity index (χ0) is 20.5. The number of quaternary nitrogens is 1. The summed E-state index contributed by atoms with van der Waals surface area (Å²) in [6, 6.07) is 9.35. The Morgan fingerprint density at radius 2 is 1.93 bits per heavy atom. The molecule has 2 unspecified atom stereocenters. The van der Waals surface area contributed by atoms with Crippen molar-refractivity contribution >= 4 is 39.0 Å². The van der Waals surface area contributed by atoms with Gasteiger partial charge in [0.05, 0.1) is 6.54 Å². The minimum Gasteiger partial charge on any atom is -0.368 e. The van der Waals surface area contributed by atoms with Crippen molar-refractivity contribution in [3.63, 3.8) is 0 Å². The van der Waals surface area contributed by atoms with Crippen LogP contribution < -0.4 is 16.0 Å². The molecule has 3 amide bonds. The van der Waals surface area contributed by atoms with Gasteiger partial charge in [-0.2, -0.15) is 9.57 Å². The Labute approximate surface area is 166 Å². The molecular formula is C17H18N5O4S2+. The van der Waals surface area contributed by atoms with E-state index >= 15 is 0 Å². The lowest BCUT2D eigenvalue weighted by atomic mass is 10.1. The molecule has 2 heterocycles. The van der Waals surface area contributed by atoms with Gasteiger partial charge in [-0.1, -0.05) is 18.2 Å². The average molecular weight is 420 g/mol. The third kappa shape index (κ3) is 3.16. The highest BCUT2D eigenvalue weighted by Gasteiger charge is 2.52. The first-order valence-corrected chi connectivity index (χ1v) is 10.6. The molecule has 1 aromatic carbocycles. The first-order chi connectivity index (χ1) is 13.2. The maximum atomic E-state index is 13.0. The van der Waals surface area contributed by atoms with Crippen LogP contribution in [-0.2, 0) is 14.8 Å². The van der Waals surface area contributed by atoms with Gasteiger partial charge in [-0.3, -0.25) is 4.79 Å². The predicted molar refractivity (Wildman–Crippen MR) is 103 cm³/mol. The molecule has 1 saturated heterocycles. The number of sulfonamides is 1. The Kier molecular flexibility index (Phi) is 5.22. The summed E-state index contributed by atoms with van der Waals surface area (Å²) < 4.78 is 26.5. The van der Waals surface area contributed by atoms with Crippen LogP contribution >= 0.6 is 11.3 Å². The number of nitriles is 1. The van der Waals surface area contributed by atoms with Crippen LogP contribution in [-0.4, -0.2) is 50.3 Å². The Balaban J connectivity index is 2.09. The molecule has 11 heteroatoms. The van der Waals surface area contributed by atoms with E-state index in [2.05, 4.69) is 0 Å². The van der Waals surface area contributed by atoms with E-state index in [9.17, 15) is 23.3 Å². The molecule has 0 radical (unpaired) electrons. The lowest BCUT2D eigenvalue weighted by molar-refractivity contribution is -0.122. The molecule has 2 aromatic rings. The summed E-state index contributed by atoms with van der Waals surface area (Å²) in [7, 11) is -3.96. The third-order valence-electron chi connectivity index (χ3n) is 4.83. The number of primary amides is 2. The van der Waals surface area contributed by atoms with Gasteiger partial charge >= 0.3 is 6.03 Å². The van der Waals surface area contributed by atoms with Crippen molar-refractivity contribution in [1.82, 2.24) is 8.79 Å². The van der Waals surface area contributed by atoms with Crippen molar-refractivity contribution in [2.45, 2.75) is 10.3 Å². The van der Waals surface area contributed by atoms with E-state index in [0.717, 1.165) is 15.6 Å². The molecule has 0 spiro atoms. The summed E-state index contributed by atoms with van der Waals surface area (Å²) in [5.74, 6) is -0.891. The molecule has 0 saturated carbocycles. The number of amides is 3. The second kappa shape index (κ2) is 7.33. The highest BCUT2D eigenvalue weighted by Crippen LogP contribution is 2.33. The number of benzene rings is 1. The second-order valence-electron chi connectivity index (χ2n) is 6.31. The Morgan fingerprint density at radius 1 is 1.21 bits per heavy atom. The van der Waals surface area contributed by atoms with E-state index in [-0.39, 0.29) is 29.4 Å². The van der Waals surface area contributed by atoms with Gasteiger partial charge < -0.3 is 11.5 Å². The number of para-hydroxylation sites is 1. The van der Waals surface area contributed by atoms with Gasteiger partial charge in [0.25, 0.3) is 10.0 Å². The molecule has 0 aliphatic carbocycles. The van der Waals surface area contributed by atoms with Gasteiger partial charge in [0, 0.05) is 6.07 Å². The van der Waals surface area contributed by atoms with E-state index in [0.29, 0.717) is 5.69 Å². The number of urea groups is 1. The number of hydrogen-bond donors (Lipinski definition) is 2. The normalized spacial score (nSPS) is 23.0. The van der Waals surface area contributed by atoms with Crippen LogP contribution in [0.2, 0.25) is 0 Å². The Bertz CT molecular complexity index is 1060. The number of nitrogens with two attached hydrogens (primary N) is 2. The summed E-state index contributed by atoms with van der Waals surface area (Å²) >= 11 is 1.02. The largest absolute Gasteiger partial charge is 0.419 e. The minimum atomic E-state index is -3.96. The number of hydrogen-bond acceptors (Lipinski definition) is 6. The van der Waals surface area contributed by atoms with Crippen molar-refractivity contribution in [2.75, 3.05) is 19.6 Å². The highest BCUT2D eigenvalue weighted by molar-refractivity contribution is 7.91. The Hall–Kier alpha value is -2.78. The van der Waals surface area contributed by atoms with Crippen molar-refractivity contribution in [3.05, 3.63) is 47.3 Å². The summed E-state index contributed by atoms with van der Waals surface area (Å²) in [6.07, 6.45) is 0. The van der Waals surface area contributed by atoms with Crippen LogP contribution in [0.5, 0.6) is 0 Å². The molecule has 146 valence electrons. The number of thiophene rings is 1. The van der Waals surface area contributed by atoms with Crippen molar-refractivity contribution < 1.29 is 18.0 Å². The minimum absolute atomic E-state index is 0.0254. The molecule has 2 atom stereocenters. The van der Waals surface area contributed by atoms with Crippen LogP contribution in [0.25, 0.3) is 0 Å². The molecule has 1 aliphatic rings. The summed E-state index contributed by atoms with van der Waals surface area (Å²) in [5.41, 5.74) is 11.7. The quantitative estimate of drug-likeness (QED) is 0.694. The van der Waals surface area contributed by atoms with Crippen molar-refractivity contribution in [2.24, 2.45) is 11.5 Å². The predicted octanol–water partition coefficient (Wildman–Crippen LogP) is 0.564. The molecule has 1 aromatic heterocycles. The molecule has 4 N–H and O–H groups in total. The van der Waals surface area contributed by atoms with Gasteiger partial charge in [-0.05, 0) is 17.5 Å². The van der Waals surface area contributed by atoms with Gasteiger partial charge in [-0.15, -0.1) is 11.3 Å². The molecule has 1 aliphatic heterocycles. The fraction of sp³-hybridized carbons (Fsp3) is 0.235. The van der Waals surface area contributed by atoms with Crippen LogP contribution in [0.3, 0.4) is 0 Å². The van der Waals surface area contributed by atoms with Crippen LogP contribution in [0.1, 0.15) is 5.56 Å². The first kappa shape index (κ1) is 20.0. The fourth-order valence-electron chi connectivity index (χ4n) is 3.43. The monoisotopic (exact) mass is 420 g/mol. The summed E-state index contributed by atoms with van der Waals surface area (Å²) in [6.45, 7) is -0.465. The molecule has 28 heavy (non-hydrogen) atoms. The number of carbonyl (C=O) groups is 2. The van der Waals surface area contributed by atoms with Crippen LogP contribution in [0.4, 0.5) is 10.5 Å². The van der Waals surface area contributed by atoms with Gasteiger partial charge in [0.1, 0.15) is 28.9 Å². The van der Waals surface area contributed by atoms with E-state index < -0.39 is 32.5 Å². The molecule has 3 rings (SSSR count). The number of rotatable bonds is 4. The zero-order valence-corrected chi connectivity index (χ0v) is 16.3. The van der Waals surface area contributed by atoms with Crippen LogP contribution in [0.15, 0.2) is 46.0 Å². The Morgan fingerprint density at radius 3 is 2.50 bits per heavy atom. The van der Waals surface area contributed by atoms with Crippen molar-refractivity contribution in [1.29, 1.82) is 5.26 Å². The zero-order valence-electron chi connectivity index (χ0n) is 14.7. The summed E-state index contributed by atoms with van der Waals surface area (Å²) in [4.78, 5) is 24.6. The average Bonchev–Trinajstić information content (AvgIpc) is 3.23. The molecular weight excluding hydrogens is 402 g/mol. The maximum Gasteiger partial charge on any atom is 0.419 e. The van der Waals surface area contributed by atoms with Gasteiger partial charge in [-0.25, -0.2) is 17.7 Å². The second-order valence-corrected chi connectivity index (χ2v) is 9.37. The topological polar surface area (TPSA) is 147 Å². The lowest BCUT2D eigenvalue weighted by Crippen LogP contribution is -2.71.